The molecule has 0 bridgehead atoms. The highest BCUT2D eigenvalue weighted by atomic mass is 35.5. The molecule has 0 radical (unpaired) electrons. The SMILES string of the molecule is CCOC(=O)N1CCN(Cc2c(O)ccc3c2O/C(=C\c2cccc(Cl)c2)C3=O)CC1. The van der Waals surface area contributed by atoms with Crippen LogP contribution in [0.15, 0.2) is 42.2 Å². The molecule has 2 aliphatic heterocycles. The van der Waals surface area contributed by atoms with Crippen LogP contribution in [0, 0.1) is 0 Å². The normalized spacial score (nSPS) is 17.5. The summed E-state index contributed by atoms with van der Waals surface area (Å²) in [5, 5.41) is 11.0. The van der Waals surface area contributed by atoms with Crippen molar-refractivity contribution in [1.82, 2.24) is 9.80 Å². The van der Waals surface area contributed by atoms with Crippen molar-refractivity contribution in [3.8, 4) is 11.5 Å². The number of aromatic hydroxyl groups is 1. The predicted molar refractivity (Wildman–Crippen MR) is 116 cm³/mol. The van der Waals surface area contributed by atoms with E-state index in [1.54, 1.807) is 42.2 Å². The minimum atomic E-state index is -0.310. The number of piperazine rings is 1. The van der Waals surface area contributed by atoms with E-state index in [-0.39, 0.29) is 23.4 Å². The minimum absolute atomic E-state index is 0.0726. The summed E-state index contributed by atoms with van der Waals surface area (Å²) in [6.07, 6.45) is 1.34. The molecule has 2 aliphatic rings. The van der Waals surface area contributed by atoms with Gasteiger partial charge in [0, 0.05) is 37.7 Å². The number of hydrogen-bond acceptors (Lipinski definition) is 6. The molecule has 0 aromatic heterocycles. The van der Waals surface area contributed by atoms with Gasteiger partial charge in [-0.25, -0.2) is 4.79 Å². The van der Waals surface area contributed by atoms with Crippen LogP contribution in [-0.4, -0.2) is 59.6 Å². The molecule has 2 aromatic carbocycles. The van der Waals surface area contributed by atoms with Crippen molar-refractivity contribution in [2.75, 3.05) is 32.8 Å². The number of benzene rings is 2. The van der Waals surface area contributed by atoms with Crippen molar-refractivity contribution in [2.45, 2.75) is 13.5 Å². The van der Waals surface area contributed by atoms with E-state index in [1.807, 2.05) is 6.07 Å². The van der Waals surface area contributed by atoms with E-state index in [4.69, 9.17) is 21.1 Å². The Kier molecular flexibility index (Phi) is 6.15. The first-order valence-corrected chi connectivity index (χ1v) is 10.5. The van der Waals surface area contributed by atoms with E-state index in [0.717, 1.165) is 5.56 Å². The number of ketones is 1. The summed E-state index contributed by atoms with van der Waals surface area (Å²) in [7, 11) is 0. The number of phenolic OH excluding ortho intramolecular Hbond substituents is 1. The minimum Gasteiger partial charge on any atom is -0.507 e. The van der Waals surface area contributed by atoms with E-state index in [9.17, 15) is 14.7 Å². The van der Waals surface area contributed by atoms with E-state index in [2.05, 4.69) is 4.90 Å². The van der Waals surface area contributed by atoms with Gasteiger partial charge in [-0.1, -0.05) is 23.7 Å². The molecule has 1 fully saturated rings. The number of hydrogen-bond donors (Lipinski definition) is 1. The van der Waals surface area contributed by atoms with Gasteiger partial charge < -0.3 is 19.5 Å². The Labute approximate surface area is 185 Å². The van der Waals surface area contributed by atoms with Gasteiger partial charge in [-0.2, -0.15) is 0 Å². The molecule has 0 atom stereocenters. The van der Waals surface area contributed by atoms with Crippen molar-refractivity contribution in [3.63, 3.8) is 0 Å². The number of fused-ring (bicyclic) bond motifs is 1. The van der Waals surface area contributed by atoms with Gasteiger partial charge in [0.25, 0.3) is 0 Å². The van der Waals surface area contributed by atoms with Crippen molar-refractivity contribution >= 4 is 29.6 Å². The molecule has 8 heteroatoms. The molecule has 1 amide bonds. The van der Waals surface area contributed by atoms with E-state index < -0.39 is 0 Å². The van der Waals surface area contributed by atoms with Crippen molar-refractivity contribution in [2.24, 2.45) is 0 Å². The predicted octanol–water partition coefficient (Wildman–Crippen LogP) is 3.94. The van der Waals surface area contributed by atoms with Crippen molar-refractivity contribution in [3.05, 3.63) is 63.9 Å². The van der Waals surface area contributed by atoms with Gasteiger partial charge >= 0.3 is 6.09 Å². The topological polar surface area (TPSA) is 79.3 Å². The Morgan fingerprint density at radius 3 is 2.71 bits per heavy atom. The van der Waals surface area contributed by atoms with Gasteiger partial charge in [0.1, 0.15) is 11.5 Å². The third kappa shape index (κ3) is 4.52. The fraction of sp³-hybridized carbons (Fsp3) is 0.304. The van der Waals surface area contributed by atoms with Gasteiger partial charge in [-0.15, -0.1) is 0 Å². The summed E-state index contributed by atoms with van der Waals surface area (Å²) in [5.41, 5.74) is 1.74. The van der Waals surface area contributed by atoms with Crippen LogP contribution in [0.4, 0.5) is 4.79 Å². The fourth-order valence-corrected chi connectivity index (χ4v) is 3.92. The number of ether oxygens (including phenoxy) is 2. The smallest absolute Gasteiger partial charge is 0.409 e. The van der Waals surface area contributed by atoms with Gasteiger partial charge in [0.2, 0.25) is 5.78 Å². The van der Waals surface area contributed by atoms with Gasteiger partial charge in [0.05, 0.1) is 17.7 Å². The first kappa shape index (κ1) is 21.2. The molecular formula is C23H23ClN2O5. The van der Waals surface area contributed by atoms with Crippen LogP contribution in [0.3, 0.4) is 0 Å². The zero-order valence-corrected chi connectivity index (χ0v) is 17.9. The summed E-state index contributed by atoms with van der Waals surface area (Å²) in [5.74, 6) is 0.411. The first-order valence-electron chi connectivity index (χ1n) is 10.1. The number of allylic oxidation sites excluding steroid dienone is 1. The number of Topliss-reactive ketones (excluding diaryl/α,β-unsaturated/α-hetero) is 1. The zero-order valence-electron chi connectivity index (χ0n) is 17.1. The molecule has 31 heavy (non-hydrogen) atoms. The van der Waals surface area contributed by atoms with Crippen LogP contribution in [-0.2, 0) is 11.3 Å². The highest BCUT2D eigenvalue weighted by Gasteiger charge is 2.32. The van der Waals surface area contributed by atoms with Crippen molar-refractivity contribution in [1.29, 1.82) is 0 Å². The van der Waals surface area contributed by atoms with Crippen LogP contribution in [0.5, 0.6) is 11.5 Å². The summed E-state index contributed by atoms with van der Waals surface area (Å²) in [6.45, 7) is 4.86. The van der Waals surface area contributed by atoms with Crippen LogP contribution in [0.2, 0.25) is 5.02 Å². The monoisotopic (exact) mass is 442 g/mol. The lowest BCUT2D eigenvalue weighted by Crippen LogP contribution is -2.48. The molecular weight excluding hydrogens is 420 g/mol. The molecule has 1 saturated heterocycles. The number of nitrogens with zero attached hydrogens (tertiary/aromatic N) is 2. The summed E-state index contributed by atoms with van der Waals surface area (Å²) in [4.78, 5) is 28.5. The molecule has 2 heterocycles. The maximum atomic E-state index is 12.8. The van der Waals surface area contributed by atoms with Gasteiger partial charge in [0.15, 0.2) is 5.76 Å². The summed E-state index contributed by atoms with van der Waals surface area (Å²) >= 11 is 6.03. The first-order chi connectivity index (χ1) is 15.0. The molecule has 0 aliphatic carbocycles. The second-order valence-corrected chi connectivity index (χ2v) is 7.83. The van der Waals surface area contributed by atoms with Crippen LogP contribution in [0.25, 0.3) is 6.08 Å². The second-order valence-electron chi connectivity index (χ2n) is 7.40. The lowest BCUT2D eigenvalue weighted by molar-refractivity contribution is 0.0774. The van der Waals surface area contributed by atoms with Crippen LogP contribution < -0.4 is 4.74 Å². The summed E-state index contributed by atoms with van der Waals surface area (Å²) in [6, 6.07) is 10.2. The standard InChI is InChI=1S/C23H23ClN2O5/c1-2-30-23(29)26-10-8-25(9-11-26)14-18-19(27)7-6-17-21(28)20(31-22(17)18)13-15-4-3-5-16(24)12-15/h3-7,12-13,27H,2,8-11,14H2,1H3/b20-13-. The number of carbonyl (C=O) groups excluding carboxylic acids is 2. The number of rotatable bonds is 4. The molecule has 0 saturated carbocycles. The average molecular weight is 443 g/mol. The van der Waals surface area contributed by atoms with Crippen molar-refractivity contribution < 1.29 is 24.2 Å². The number of carbonyl (C=O) groups is 2. The molecule has 4 rings (SSSR count). The van der Waals surface area contributed by atoms with Gasteiger partial charge in [-0.3, -0.25) is 9.69 Å². The summed E-state index contributed by atoms with van der Waals surface area (Å²) < 4.78 is 11.0. The third-order valence-electron chi connectivity index (χ3n) is 5.34. The van der Waals surface area contributed by atoms with Crippen LogP contribution in [0.1, 0.15) is 28.4 Å². The molecule has 2 aromatic rings. The fourth-order valence-electron chi connectivity index (χ4n) is 3.72. The maximum absolute atomic E-state index is 12.8. The number of halogens is 1. The van der Waals surface area contributed by atoms with E-state index in [1.165, 1.54) is 6.07 Å². The Morgan fingerprint density at radius 2 is 2.00 bits per heavy atom. The lowest BCUT2D eigenvalue weighted by Gasteiger charge is -2.34. The van der Waals surface area contributed by atoms with Crippen LogP contribution >= 0.6 is 11.6 Å². The third-order valence-corrected chi connectivity index (χ3v) is 5.58. The Bertz CT molecular complexity index is 1040. The highest BCUT2D eigenvalue weighted by Crippen LogP contribution is 2.40. The lowest BCUT2D eigenvalue weighted by atomic mass is 10.0. The largest absolute Gasteiger partial charge is 0.507 e. The Morgan fingerprint density at radius 1 is 1.23 bits per heavy atom. The quantitative estimate of drug-likeness (QED) is 0.722. The van der Waals surface area contributed by atoms with Gasteiger partial charge in [-0.05, 0) is 42.8 Å². The molecule has 1 N–H and O–H groups in total. The Balaban J connectivity index is 1.51. The molecule has 162 valence electrons. The zero-order chi connectivity index (χ0) is 22.0. The Hall–Kier alpha value is -3.03. The van der Waals surface area contributed by atoms with E-state index >= 15 is 0 Å². The van der Waals surface area contributed by atoms with E-state index in [0.29, 0.717) is 61.2 Å². The molecule has 0 unspecified atom stereocenters. The molecule has 0 spiro atoms. The number of phenols is 1. The number of amides is 1. The average Bonchev–Trinajstić information content (AvgIpc) is 3.06. The highest BCUT2D eigenvalue weighted by molar-refractivity contribution is 6.30. The molecule has 7 nitrogen and oxygen atoms in total. The maximum Gasteiger partial charge on any atom is 0.409 e. The second kappa shape index (κ2) is 8.99.